The highest BCUT2D eigenvalue weighted by molar-refractivity contribution is 5.86. The number of rotatable bonds is 5. The second-order valence-electron chi connectivity index (χ2n) is 4.17. The van der Waals surface area contributed by atoms with Gasteiger partial charge in [-0.1, -0.05) is 0 Å². The van der Waals surface area contributed by atoms with Crippen molar-refractivity contribution < 1.29 is 9.53 Å². The van der Waals surface area contributed by atoms with Crippen molar-refractivity contribution in [1.82, 2.24) is 10.6 Å². The highest BCUT2D eigenvalue weighted by atomic mass is 35.5. The van der Waals surface area contributed by atoms with Crippen LogP contribution in [0.25, 0.3) is 0 Å². The standard InChI is InChI=1S/C11H22N2O2.ClH/c1-3-15-9-8-12-10(14)11(2)6-4-5-7-13-11;/h13H,3-9H2,1-2H3,(H,12,14);1H. The Morgan fingerprint density at radius 3 is 2.81 bits per heavy atom. The van der Waals surface area contributed by atoms with Gasteiger partial charge in [0.2, 0.25) is 5.91 Å². The van der Waals surface area contributed by atoms with E-state index in [9.17, 15) is 4.79 Å². The molecule has 0 aliphatic carbocycles. The molecule has 0 aromatic carbocycles. The van der Waals surface area contributed by atoms with Gasteiger partial charge in [-0.05, 0) is 39.7 Å². The number of ether oxygens (including phenoxy) is 1. The predicted molar refractivity (Wildman–Crippen MR) is 67.0 cm³/mol. The van der Waals surface area contributed by atoms with Gasteiger partial charge >= 0.3 is 0 Å². The second-order valence-corrected chi connectivity index (χ2v) is 4.17. The molecule has 1 rings (SSSR count). The Morgan fingerprint density at radius 1 is 1.50 bits per heavy atom. The van der Waals surface area contributed by atoms with Gasteiger partial charge in [0.25, 0.3) is 0 Å². The Balaban J connectivity index is 0.00000225. The number of amides is 1. The molecule has 1 saturated heterocycles. The van der Waals surface area contributed by atoms with E-state index in [2.05, 4.69) is 10.6 Å². The minimum Gasteiger partial charge on any atom is -0.380 e. The van der Waals surface area contributed by atoms with Crippen molar-refractivity contribution in [2.45, 2.75) is 38.6 Å². The largest absolute Gasteiger partial charge is 0.380 e. The van der Waals surface area contributed by atoms with Crippen LogP contribution in [0.5, 0.6) is 0 Å². The Bertz CT molecular complexity index is 206. The average molecular weight is 251 g/mol. The summed E-state index contributed by atoms with van der Waals surface area (Å²) in [5, 5.41) is 6.18. The molecule has 0 aromatic rings. The SMILES string of the molecule is CCOCCNC(=O)C1(C)CCCCN1.Cl. The van der Waals surface area contributed by atoms with Gasteiger partial charge in [-0.15, -0.1) is 12.4 Å². The molecule has 2 N–H and O–H groups in total. The zero-order valence-electron chi connectivity index (χ0n) is 10.2. The van der Waals surface area contributed by atoms with E-state index in [4.69, 9.17) is 4.74 Å². The number of piperidine rings is 1. The van der Waals surface area contributed by atoms with Crippen molar-refractivity contribution in [3.05, 3.63) is 0 Å². The molecule has 1 atom stereocenters. The normalized spacial score (nSPS) is 24.6. The molecule has 0 bridgehead atoms. The van der Waals surface area contributed by atoms with Crippen LogP contribution in [0.4, 0.5) is 0 Å². The molecule has 0 aromatic heterocycles. The summed E-state index contributed by atoms with van der Waals surface area (Å²) in [5.41, 5.74) is -0.371. The summed E-state index contributed by atoms with van der Waals surface area (Å²) in [5.74, 6) is 0.0990. The van der Waals surface area contributed by atoms with E-state index in [0.29, 0.717) is 19.8 Å². The van der Waals surface area contributed by atoms with E-state index in [1.165, 1.54) is 6.42 Å². The van der Waals surface area contributed by atoms with Crippen LogP contribution in [-0.4, -0.2) is 37.7 Å². The molecule has 16 heavy (non-hydrogen) atoms. The van der Waals surface area contributed by atoms with Crippen LogP contribution in [0, 0.1) is 0 Å². The van der Waals surface area contributed by atoms with Crippen molar-refractivity contribution in [1.29, 1.82) is 0 Å². The van der Waals surface area contributed by atoms with E-state index < -0.39 is 0 Å². The third-order valence-electron chi connectivity index (χ3n) is 2.86. The number of halogens is 1. The van der Waals surface area contributed by atoms with Crippen LogP contribution in [0.15, 0.2) is 0 Å². The lowest BCUT2D eigenvalue weighted by Gasteiger charge is -2.33. The number of hydrogen-bond acceptors (Lipinski definition) is 3. The van der Waals surface area contributed by atoms with Crippen molar-refractivity contribution in [3.8, 4) is 0 Å². The van der Waals surface area contributed by atoms with Crippen LogP contribution in [0.3, 0.4) is 0 Å². The van der Waals surface area contributed by atoms with Gasteiger partial charge in [-0.25, -0.2) is 0 Å². The smallest absolute Gasteiger partial charge is 0.240 e. The van der Waals surface area contributed by atoms with Gasteiger partial charge in [0, 0.05) is 13.2 Å². The zero-order chi connectivity index (χ0) is 11.1. The molecule has 0 radical (unpaired) electrons. The molecule has 5 heteroatoms. The molecule has 1 heterocycles. The van der Waals surface area contributed by atoms with Crippen LogP contribution in [0.1, 0.15) is 33.1 Å². The molecule has 1 fully saturated rings. The molecule has 1 aliphatic heterocycles. The first-order valence-electron chi connectivity index (χ1n) is 5.80. The molecular weight excluding hydrogens is 228 g/mol. The Hall–Kier alpha value is -0.320. The Labute approximate surface area is 104 Å². The minimum atomic E-state index is -0.371. The average Bonchev–Trinajstić information content (AvgIpc) is 2.25. The van der Waals surface area contributed by atoms with Gasteiger partial charge in [-0.2, -0.15) is 0 Å². The number of carbonyl (C=O) groups is 1. The monoisotopic (exact) mass is 250 g/mol. The molecule has 1 aliphatic rings. The maximum Gasteiger partial charge on any atom is 0.240 e. The quantitative estimate of drug-likeness (QED) is 0.719. The van der Waals surface area contributed by atoms with Gasteiger partial charge in [-0.3, -0.25) is 4.79 Å². The number of carbonyl (C=O) groups excluding carboxylic acids is 1. The van der Waals surface area contributed by atoms with Crippen LogP contribution < -0.4 is 10.6 Å². The molecular formula is C11H23ClN2O2. The van der Waals surface area contributed by atoms with Crippen LogP contribution in [0.2, 0.25) is 0 Å². The summed E-state index contributed by atoms with van der Waals surface area (Å²) in [6, 6.07) is 0. The van der Waals surface area contributed by atoms with E-state index in [0.717, 1.165) is 19.4 Å². The summed E-state index contributed by atoms with van der Waals surface area (Å²) in [6.45, 7) is 6.76. The molecule has 0 spiro atoms. The third kappa shape index (κ3) is 4.68. The Morgan fingerprint density at radius 2 is 2.25 bits per heavy atom. The molecule has 96 valence electrons. The van der Waals surface area contributed by atoms with E-state index in [1.54, 1.807) is 0 Å². The van der Waals surface area contributed by atoms with Crippen LogP contribution in [-0.2, 0) is 9.53 Å². The first-order chi connectivity index (χ1) is 7.19. The molecule has 0 saturated carbocycles. The number of hydrogen-bond donors (Lipinski definition) is 2. The van der Waals surface area contributed by atoms with E-state index in [1.807, 2.05) is 13.8 Å². The summed E-state index contributed by atoms with van der Waals surface area (Å²) < 4.78 is 5.17. The lowest BCUT2D eigenvalue weighted by Crippen LogP contribution is -2.57. The second kappa shape index (κ2) is 7.87. The predicted octanol–water partition coefficient (Wildman–Crippen LogP) is 1.09. The fourth-order valence-corrected chi connectivity index (χ4v) is 1.83. The first-order valence-corrected chi connectivity index (χ1v) is 5.80. The van der Waals surface area contributed by atoms with Crippen molar-refractivity contribution in [3.63, 3.8) is 0 Å². The van der Waals surface area contributed by atoms with Gasteiger partial charge in [0.1, 0.15) is 0 Å². The highest BCUT2D eigenvalue weighted by Gasteiger charge is 2.33. The number of nitrogens with one attached hydrogen (secondary N) is 2. The zero-order valence-corrected chi connectivity index (χ0v) is 11.0. The molecule has 1 unspecified atom stereocenters. The third-order valence-corrected chi connectivity index (χ3v) is 2.86. The summed E-state index contributed by atoms with van der Waals surface area (Å²) in [7, 11) is 0. The molecule has 4 nitrogen and oxygen atoms in total. The summed E-state index contributed by atoms with van der Waals surface area (Å²) in [4.78, 5) is 11.9. The summed E-state index contributed by atoms with van der Waals surface area (Å²) >= 11 is 0. The van der Waals surface area contributed by atoms with Crippen molar-refractivity contribution >= 4 is 18.3 Å². The summed E-state index contributed by atoms with van der Waals surface area (Å²) in [6.07, 6.45) is 3.22. The highest BCUT2D eigenvalue weighted by Crippen LogP contribution is 2.18. The fourth-order valence-electron chi connectivity index (χ4n) is 1.83. The first kappa shape index (κ1) is 15.7. The fraction of sp³-hybridized carbons (Fsp3) is 0.909. The van der Waals surface area contributed by atoms with Gasteiger partial charge < -0.3 is 15.4 Å². The van der Waals surface area contributed by atoms with E-state index in [-0.39, 0.29) is 23.9 Å². The Kier molecular flexibility index (Phi) is 7.72. The maximum absolute atomic E-state index is 11.9. The van der Waals surface area contributed by atoms with Crippen LogP contribution >= 0.6 is 12.4 Å². The minimum absolute atomic E-state index is 0. The molecule has 1 amide bonds. The van der Waals surface area contributed by atoms with Crippen molar-refractivity contribution in [2.24, 2.45) is 0 Å². The maximum atomic E-state index is 11.9. The lowest BCUT2D eigenvalue weighted by atomic mass is 9.90. The van der Waals surface area contributed by atoms with E-state index >= 15 is 0 Å². The van der Waals surface area contributed by atoms with Gasteiger partial charge in [0.15, 0.2) is 0 Å². The lowest BCUT2D eigenvalue weighted by molar-refractivity contribution is -0.128. The van der Waals surface area contributed by atoms with Crippen molar-refractivity contribution in [2.75, 3.05) is 26.3 Å². The van der Waals surface area contributed by atoms with Gasteiger partial charge in [0.05, 0.1) is 12.1 Å². The topological polar surface area (TPSA) is 50.4 Å².